The van der Waals surface area contributed by atoms with Crippen LogP contribution in [-0.4, -0.2) is 27.4 Å². The number of rotatable bonds is 2. The molecular formula is C9H8ClNO5S. The molecule has 1 aromatic carbocycles. The lowest BCUT2D eigenvalue weighted by atomic mass is 10.4. The van der Waals surface area contributed by atoms with E-state index in [0.717, 1.165) is 7.11 Å². The normalized spacial score (nSPS) is 10.7. The smallest absolute Gasteiger partial charge is 0.397 e. The van der Waals surface area contributed by atoms with Crippen molar-refractivity contribution in [3.05, 3.63) is 29.3 Å². The van der Waals surface area contributed by atoms with Crippen molar-refractivity contribution in [1.29, 1.82) is 0 Å². The molecule has 0 saturated heterocycles. The number of halogens is 1. The van der Waals surface area contributed by atoms with E-state index in [0.29, 0.717) is 5.02 Å². The second-order valence-corrected chi connectivity index (χ2v) is 5.00. The SMILES string of the molecule is COC(=O)C(=O)NS(=O)(=O)c1ccc(Cl)cc1. The zero-order valence-electron chi connectivity index (χ0n) is 8.64. The van der Waals surface area contributed by atoms with Crippen molar-refractivity contribution in [2.75, 3.05) is 7.11 Å². The number of hydrogen-bond donors (Lipinski definition) is 1. The minimum absolute atomic E-state index is 0.181. The van der Waals surface area contributed by atoms with Gasteiger partial charge in [-0.15, -0.1) is 0 Å². The maximum Gasteiger partial charge on any atom is 0.397 e. The molecule has 0 aliphatic rings. The van der Waals surface area contributed by atoms with Crippen molar-refractivity contribution in [2.45, 2.75) is 4.90 Å². The molecule has 0 bridgehead atoms. The van der Waals surface area contributed by atoms with Gasteiger partial charge in [0.2, 0.25) is 0 Å². The number of amides is 1. The summed E-state index contributed by atoms with van der Waals surface area (Å²) < 4.78 is 28.8. The number of hydrogen-bond acceptors (Lipinski definition) is 5. The number of ether oxygens (including phenoxy) is 1. The molecule has 0 heterocycles. The number of sulfonamides is 1. The summed E-state index contributed by atoms with van der Waals surface area (Å²) >= 11 is 5.58. The van der Waals surface area contributed by atoms with E-state index in [1.807, 2.05) is 0 Å². The Morgan fingerprint density at radius 3 is 2.24 bits per heavy atom. The van der Waals surface area contributed by atoms with Crippen LogP contribution in [0.4, 0.5) is 0 Å². The topological polar surface area (TPSA) is 89.5 Å². The molecule has 0 unspecified atom stereocenters. The summed E-state index contributed by atoms with van der Waals surface area (Å²) in [6.07, 6.45) is 0. The van der Waals surface area contributed by atoms with Crippen molar-refractivity contribution >= 4 is 33.5 Å². The average Bonchev–Trinajstić information content (AvgIpc) is 2.27. The van der Waals surface area contributed by atoms with Crippen molar-refractivity contribution in [1.82, 2.24) is 4.72 Å². The van der Waals surface area contributed by atoms with E-state index in [4.69, 9.17) is 11.6 Å². The highest BCUT2D eigenvalue weighted by Gasteiger charge is 2.22. The fraction of sp³-hybridized carbons (Fsp3) is 0.111. The van der Waals surface area contributed by atoms with Gasteiger partial charge in [-0.3, -0.25) is 4.79 Å². The van der Waals surface area contributed by atoms with E-state index in [1.54, 1.807) is 4.72 Å². The maximum atomic E-state index is 11.6. The molecule has 0 aliphatic heterocycles. The van der Waals surface area contributed by atoms with Gasteiger partial charge in [0.25, 0.3) is 10.0 Å². The number of carbonyl (C=O) groups is 2. The van der Waals surface area contributed by atoms with E-state index in [-0.39, 0.29) is 4.90 Å². The number of methoxy groups -OCH3 is 1. The Balaban J connectivity index is 2.93. The molecule has 0 atom stereocenters. The molecule has 92 valence electrons. The largest absolute Gasteiger partial charge is 0.462 e. The van der Waals surface area contributed by atoms with Gasteiger partial charge in [-0.05, 0) is 24.3 Å². The molecule has 1 aromatic rings. The molecule has 0 aromatic heterocycles. The van der Waals surface area contributed by atoms with Gasteiger partial charge < -0.3 is 4.74 Å². The Morgan fingerprint density at radius 2 is 1.76 bits per heavy atom. The summed E-state index contributed by atoms with van der Waals surface area (Å²) in [7, 11) is -3.12. The van der Waals surface area contributed by atoms with Crippen LogP contribution in [0.3, 0.4) is 0 Å². The summed E-state index contributed by atoms with van der Waals surface area (Å²) in [5, 5.41) is 0.350. The fourth-order valence-corrected chi connectivity index (χ4v) is 1.99. The van der Waals surface area contributed by atoms with Gasteiger partial charge >= 0.3 is 11.9 Å². The first-order valence-electron chi connectivity index (χ1n) is 4.27. The first kappa shape index (κ1) is 13.5. The highest BCUT2D eigenvalue weighted by molar-refractivity contribution is 7.90. The second kappa shape index (κ2) is 5.15. The standard InChI is InChI=1S/C9H8ClNO5S/c1-16-9(13)8(12)11-17(14,15)7-4-2-6(10)3-5-7/h2-5H,1H3,(H,11,12). The van der Waals surface area contributed by atoms with E-state index >= 15 is 0 Å². The van der Waals surface area contributed by atoms with Crippen LogP contribution in [0, 0.1) is 0 Å². The number of carbonyl (C=O) groups excluding carboxylic acids is 2. The molecule has 0 radical (unpaired) electrons. The highest BCUT2D eigenvalue weighted by atomic mass is 35.5. The van der Waals surface area contributed by atoms with E-state index in [2.05, 4.69) is 4.74 Å². The Hall–Kier alpha value is -1.60. The summed E-state index contributed by atoms with van der Waals surface area (Å²) in [6.45, 7) is 0. The molecule has 0 saturated carbocycles. The third-order valence-electron chi connectivity index (χ3n) is 1.72. The van der Waals surface area contributed by atoms with E-state index in [9.17, 15) is 18.0 Å². The van der Waals surface area contributed by atoms with Crippen LogP contribution in [0.25, 0.3) is 0 Å². The predicted molar refractivity (Wildman–Crippen MR) is 58.8 cm³/mol. The quantitative estimate of drug-likeness (QED) is 0.621. The van der Waals surface area contributed by atoms with Crippen LogP contribution in [0.5, 0.6) is 0 Å². The summed E-state index contributed by atoms with van der Waals surface area (Å²) in [4.78, 5) is 21.6. The van der Waals surface area contributed by atoms with E-state index < -0.39 is 21.9 Å². The van der Waals surface area contributed by atoms with Crippen LogP contribution >= 0.6 is 11.6 Å². The molecule has 0 spiro atoms. The Labute approximate surface area is 103 Å². The van der Waals surface area contributed by atoms with Crippen molar-refractivity contribution < 1.29 is 22.7 Å². The molecule has 17 heavy (non-hydrogen) atoms. The van der Waals surface area contributed by atoms with Crippen LogP contribution in [0.15, 0.2) is 29.2 Å². The zero-order chi connectivity index (χ0) is 13.1. The Kier molecular flexibility index (Phi) is 4.08. The summed E-state index contributed by atoms with van der Waals surface area (Å²) in [5.74, 6) is -2.65. The fourth-order valence-electron chi connectivity index (χ4n) is 0.929. The van der Waals surface area contributed by atoms with Gasteiger partial charge in [-0.1, -0.05) is 11.6 Å². The molecule has 0 aliphatic carbocycles. The molecule has 1 rings (SSSR count). The summed E-state index contributed by atoms with van der Waals surface area (Å²) in [6, 6.07) is 5.10. The lowest BCUT2D eigenvalue weighted by molar-refractivity contribution is -0.151. The van der Waals surface area contributed by atoms with Crippen LogP contribution in [-0.2, 0) is 24.3 Å². The summed E-state index contributed by atoms with van der Waals surface area (Å²) in [5.41, 5.74) is 0. The minimum atomic E-state index is -4.09. The molecule has 6 nitrogen and oxygen atoms in total. The molecular weight excluding hydrogens is 270 g/mol. The minimum Gasteiger partial charge on any atom is -0.462 e. The zero-order valence-corrected chi connectivity index (χ0v) is 10.2. The van der Waals surface area contributed by atoms with Crippen LogP contribution < -0.4 is 4.72 Å². The van der Waals surface area contributed by atoms with E-state index in [1.165, 1.54) is 24.3 Å². The highest BCUT2D eigenvalue weighted by Crippen LogP contribution is 2.13. The monoisotopic (exact) mass is 277 g/mol. The Bertz CT molecular complexity index is 537. The van der Waals surface area contributed by atoms with Gasteiger partial charge in [0.1, 0.15) is 0 Å². The van der Waals surface area contributed by atoms with Gasteiger partial charge in [0.05, 0.1) is 12.0 Å². The molecule has 1 N–H and O–H groups in total. The second-order valence-electron chi connectivity index (χ2n) is 2.88. The first-order chi connectivity index (χ1) is 7.86. The molecule has 0 fully saturated rings. The third kappa shape index (κ3) is 3.43. The van der Waals surface area contributed by atoms with Crippen molar-refractivity contribution in [3.8, 4) is 0 Å². The lowest BCUT2D eigenvalue weighted by Gasteiger charge is -2.05. The van der Waals surface area contributed by atoms with Crippen molar-refractivity contribution in [3.63, 3.8) is 0 Å². The maximum absolute atomic E-state index is 11.6. The number of esters is 1. The lowest BCUT2D eigenvalue weighted by Crippen LogP contribution is -2.36. The van der Waals surface area contributed by atoms with Gasteiger partial charge in [-0.2, -0.15) is 0 Å². The average molecular weight is 278 g/mol. The predicted octanol–water partition coefficient (Wildman–Crippen LogP) is 0.318. The van der Waals surface area contributed by atoms with Crippen LogP contribution in [0.1, 0.15) is 0 Å². The van der Waals surface area contributed by atoms with Gasteiger partial charge in [0.15, 0.2) is 0 Å². The molecule has 8 heteroatoms. The van der Waals surface area contributed by atoms with Crippen LogP contribution in [0.2, 0.25) is 5.02 Å². The van der Waals surface area contributed by atoms with Gasteiger partial charge in [-0.25, -0.2) is 17.9 Å². The number of nitrogens with one attached hydrogen (secondary N) is 1. The molecule has 1 amide bonds. The first-order valence-corrected chi connectivity index (χ1v) is 6.13. The Morgan fingerprint density at radius 1 is 1.24 bits per heavy atom. The van der Waals surface area contributed by atoms with Crippen molar-refractivity contribution in [2.24, 2.45) is 0 Å². The third-order valence-corrected chi connectivity index (χ3v) is 3.32. The number of benzene rings is 1. The van der Waals surface area contributed by atoms with Gasteiger partial charge in [0, 0.05) is 5.02 Å².